The minimum absolute atomic E-state index is 0.107. The zero-order chi connectivity index (χ0) is 13.2. The van der Waals surface area contributed by atoms with Crippen molar-refractivity contribution in [3.63, 3.8) is 0 Å². The molecule has 96 valence electrons. The molecule has 1 aromatic rings. The molecule has 0 radical (unpaired) electrons. The molecule has 1 aromatic carbocycles. The topological polar surface area (TPSA) is 93.5 Å². The Balaban J connectivity index is 2.10. The Morgan fingerprint density at radius 1 is 1.50 bits per heavy atom. The van der Waals surface area contributed by atoms with E-state index in [1.54, 1.807) is 31.2 Å². The van der Waals surface area contributed by atoms with Gasteiger partial charge in [0.2, 0.25) is 5.91 Å². The van der Waals surface area contributed by atoms with Crippen LogP contribution in [0.3, 0.4) is 0 Å². The first kappa shape index (κ1) is 12.5. The quantitative estimate of drug-likeness (QED) is 0.667. The summed E-state index contributed by atoms with van der Waals surface area (Å²) in [5.74, 6) is -0.786. The Hall–Kier alpha value is -1.92. The van der Waals surface area contributed by atoms with Gasteiger partial charge in [0.25, 0.3) is 5.91 Å². The summed E-state index contributed by atoms with van der Waals surface area (Å²) in [4.78, 5) is 28.1. The van der Waals surface area contributed by atoms with Crippen molar-refractivity contribution in [3.05, 3.63) is 35.9 Å². The van der Waals surface area contributed by atoms with Crippen LogP contribution >= 0.6 is 0 Å². The second-order valence-corrected chi connectivity index (χ2v) is 4.37. The summed E-state index contributed by atoms with van der Waals surface area (Å²) in [6.07, 6.45) is 0. The van der Waals surface area contributed by atoms with Crippen LogP contribution < -0.4 is 16.5 Å². The third kappa shape index (κ3) is 2.34. The number of hydrogen-bond donors (Lipinski definition) is 3. The summed E-state index contributed by atoms with van der Waals surface area (Å²) in [7, 11) is 0. The highest BCUT2D eigenvalue weighted by Crippen LogP contribution is 2.17. The lowest BCUT2D eigenvalue weighted by Gasteiger charge is -2.25. The molecule has 0 saturated carbocycles. The van der Waals surface area contributed by atoms with Gasteiger partial charge in [0.1, 0.15) is 18.2 Å². The lowest BCUT2D eigenvalue weighted by Crippen LogP contribution is -2.54. The van der Waals surface area contributed by atoms with Crippen LogP contribution in [0.1, 0.15) is 12.5 Å². The number of carbonyl (C=O) groups excluding carboxylic acids is 2. The molecule has 0 bridgehead atoms. The minimum atomic E-state index is -1.19. The van der Waals surface area contributed by atoms with Gasteiger partial charge in [-0.15, -0.1) is 0 Å². The Morgan fingerprint density at radius 2 is 2.17 bits per heavy atom. The maximum atomic E-state index is 12.1. The molecule has 2 rings (SSSR count). The first-order valence-electron chi connectivity index (χ1n) is 5.59. The molecule has 1 fully saturated rings. The van der Waals surface area contributed by atoms with Gasteiger partial charge in [-0.3, -0.25) is 14.4 Å². The van der Waals surface area contributed by atoms with Crippen molar-refractivity contribution < 1.29 is 14.4 Å². The molecule has 0 aliphatic carbocycles. The van der Waals surface area contributed by atoms with Crippen LogP contribution in [-0.4, -0.2) is 24.5 Å². The van der Waals surface area contributed by atoms with Crippen LogP contribution in [0, 0.1) is 0 Å². The Bertz CT molecular complexity index is 459. The SMILES string of the molecule is CC(N)(C(=O)N[C@@H]1CONC1=O)c1ccccc1. The largest absolute Gasteiger partial charge is 0.340 e. The highest BCUT2D eigenvalue weighted by atomic mass is 16.7. The normalized spacial score (nSPS) is 22.1. The maximum absolute atomic E-state index is 12.1. The highest BCUT2D eigenvalue weighted by Gasteiger charge is 2.35. The van der Waals surface area contributed by atoms with Crippen LogP contribution in [0.25, 0.3) is 0 Å². The molecule has 0 aromatic heterocycles. The predicted molar refractivity (Wildman–Crippen MR) is 64.0 cm³/mol. The number of amides is 2. The second kappa shape index (κ2) is 4.75. The number of benzene rings is 1. The maximum Gasteiger partial charge on any atom is 0.268 e. The van der Waals surface area contributed by atoms with Gasteiger partial charge >= 0.3 is 0 Å². The van der Waals surface area contributed by atoms with Crippen LogP contribution in [0.4, 0.5) is 0 Å². The van der Waals surface area contributed by atoms with Gasteiger partial charge in [-0.05, 0) is 12.5 Å². The Kier molecular flexibility index (Phi) is 3.31. The summed E-state index contributed by atoms with van der Waals surface area (Å²) in [5, 5.41) is 2.57. The standard InChI is InChI=1S/C12H15N3O3/c1-12(13,8-5-3-2-4-6-8)11(17)14-9-7-18-15-10(9)16/h2-6,9H,7,13H2,1H3,(H,14,17)(H,15,16)/t9-,12?/m1/s1. The molecular formula is C12H15N3O3. The molecule has 4 N–H and O–H groups in total. The van der Waals surface area contributed by atoms with Crippen molar-refractivity contribution in [3.8, 4) is 0 Å². The van der Waals surface area contributed by atoms with Gasteiger partial charge < -0.3 is 11.1 Å². The van der Waals surface area contributed by atoms with E-state index in [0.29, 0.717) is 5.56 Å². The van der Waals surface area contributed by atoms with Crippen molar-refractivity contribution in [1.82, 2.24) is 10.8 Å². The number of hydroxylamine groups is 1. The van der Waals surface area contributed by atoms with Gasteiger partial charge in [0.05, 0.1) is 0 Å². The van der Waals surface area contributed by atoms with Crippen LogP contribution in [0.5, 0.6) is 0 Å². The van der Waals surface area contributed by atoms with E-state index in [4.69, 9.17) is 10.6 Å². The molecule has 2 amide bonds. The fourth-order valence-corrected chi connectivity index (χ4v) is 1.67. The third-order valence-corrected chi connectivity index (χ3v) is 2.89. The Labute approximate surface area is 104 Å². The number of hydrogen-bond acceptors (Lipinski definition) is 4. The van der Waals surface area contributed by atoms with E-state index in [1.165, 1.54) is 0 Å². The van der Waals surface area contributed by atoms with Crippen molar-refractivity contribution in [1.29, 1.82) is 0 Å². The van der Waals surface area contributed by atoms with Crippen LogP contribution in [-0.2, 0) is 20.0 Å². The van der Waals surface area contributed by atoms with Gasteiger partial charge in [-0.25, -0.2) is 5.48 Å². The molecule has 1 aliphatic rings. The zero-order valence-corrected chi connectivity index (χ0v) is 9.97. The fraction of sp³-hybridized carbons (Fsp3) is 0.333. The first-order chi connectivity index (χ1) is 8.51. The van der Waals surface area contributed by atoms with E-state index in [2.05, 4.69) is 10.8 Å². The lowest BCUT2D eigenvalue weighted by molar-refractivity contribution is -0.131. The van der Waals surface area contributed by atoms with Crippen molar-refractivity contribution >= 4 is 11.8 Å². The van der Waals surface area contributed by atoms with Crippen molar-refractivity contribution in [2.75, 3.05) is 6.61 Å². The molecule has 1 aliphatic heterocycles. The predicted octanol–water partition coefficient (Wildman–Crippen LogP) is -0.593. The van der Waals surface area contributed by atoms with E-state index >= 15 is 0 Å². The monoisotopic (exact) mass is 249 g/mol. The highest BCUT2D eigenvalue weighted by molar-refractivity contribution is 5.92. The molecule has 18 heavy (non-hydrogen) atoms. The lowest BCUT2D eigenvalue weighted by atomic mass is 9.92. The number of nitrogens with two attached hydrogens (primary N) is 1. The van der Waals surface area contributed by atoms with Crippen LogP contribution in [0.15, 0.2) is 30.3 Å². The van der Waals surface area contributed by atoms with Crippen molar-refractivity contribution in [2.45, 2.75) is 18.5 Å². The fourth-order valence-electron chi connectivity index (χ4n) is 1.67. The molecular weight excluding hydrogens is 234 g/mol. The van der Waals surface area contributed by atoms with E-state index < -0.39 is 17.5 Å². The molecule has 2 atom stereocenters. The summed E-state index contributed by atoms with van der Waals surface area (Å²) in [5.41, 5.74) is 7.68. The third-order valence-electron chi connectivity index (χ3n) is 2.89. The Morgan fingerprint density at radius 3 is 2.72 bits per heavy atom. The van der Waals surface area contributed by atoms with E-state index in [1.807, 2.05) is 6.07 Å². The number of nitrogens with one attached hydrogen (secondary N) is 2. The molecule has 1 saturated heterocycles. The number of rotatable bonds is 3. The minimum Gasteiger partial charge on any atom is -0.340 e. The summed E-state index contributed by atoms with van der Waals surface area (Å²) in [6.45, 7) is 1.71. The summed E-state index contributed by atoms with van der Waals surface area (Å²) < 4.78 is 0. The summed E-state index contributed by atoms with van der Waals surface area (Å²) >= 11 is 0. The van der Waals surface area contributed by atoms with Gasteiger partial charge in [0, 0.05) is 0 Å². The average Bonchev–Trinajstić information content (AvgIpc) is 2.76. The first-order valence-corrected chi connectivity index (χ1v) is 5.59. The van der Waals surface area contributed by atoms with Crippen LogP contribution in [0.2, 0.25) is 0 Å². The van der Waals surface area contributed by atoms with E-state index in [9.17, 15) is 9.59 Å². The average molecular weight is 249 g/mol. The molecule has 0 spiro atoms. The van der Waals surface area contributed by atoms with Gasteiger partial charge in [0.15, 0.2) is 0 Å². The van der Waals surface area contributed by atoms with E-state index in [-0.39, 0.29) is 12.5 Å². The zero-order valence-electron chi connectivity index (χ0n) is 9.97. The molecule has 1 unspecified atom stereocenters. The van der Waals surface area contributed by atoms with Crippen molar-refractivity contribution in [2.24, 2.45) is 5.73 Å². The smallest absolute Gasteiger partial charge is 0.268 e. The molecule has 1 heterocycles. The molecule has 6 heteroatoms. The van der Waals surface area contributed by atoms with Gasteiger partial charge in [-0.1, -0.05) is 30.3 Å². The molecule has 6 nitrogen and oxygen atoms in total. The summed E-state index contributed by atoms with van der Waals surface area (Å²) in [6, 6.07) is 8.30. The van der Waals surface area contributed by atoms with E-state index in [0.717, 1.165) is 0 Å². The second-order valence-electron chi connectivity index (χ2n) is 4.37. The number of carbonyl (C=O) groups is 2. The van der Waals surface area contributed by atoms with Gasteiger partial charge in [-0.2, -0.15) is 0 Å².